The fourth-order valence-corrected chi connectivity index (χ4v) is 4.24. The van der Waals surface area contributed by atoms with Crippen LogP contribution in [0.5, 0.6) is 0 Å². The van der Waals surface area contributed by atoms with Gasteiger partial charge in [-0.15, -0.1) is 0 Å². The molecule has 1 unspecified atom stereocenters. The van der Waals surface area contributed by atoms with E-state index in [9.17, 15) is 14.0 Å². The summed E-state index contributed by atoms with van der Waals surface area (Å²) < 4.78 is 20.3. The quantitative estimate of drug-likeness (QED) is 0.621. The van der Waals surface area contributed by atoms with Gasteiger partial charge in [0.25, 0.3) is 0 Å². The number of benzene rings is 1. The van der Waals surface area contributed by atoms with Crippen LogP contribution in [0.2, 0.25) is 0 Å². The SMILES string of the molecule is O=C(CO)N1CCN(c2c(F)cccc2N2CC(CNC(=S)N3CCC3)OC2=O)CC1. The molecule has 3 aliphatic rings. The molecule has 0 radical (unpaired) electrons. The normalized spacial score (nSPS) is 21.1. The zero-order valence-corrected chi connectivity index (χ0v) is 17.9. The van der Waals surface area contributed by atoms with E-state index in [-0.39, 0.29) is 12.5 Å². The lowest BCUT2D eigenvalue weighted by molar-refractivity contribution is -0.134. The highest BCUT2D eigenvalue weighted by molar-refractivity contribution is 7.80. The zero-order valence-electron chi connectivity index (χ0n) is 17.1. The molecule has 3 aliphatic heterocycles. The van der Waals surface area contributed by atoms with Crippen LogP contribution in [0.4, 0.5) is 20.6 Å². The minimum Gasteiger partial charge on any atom is -0.442 e. The summed E-state index contributed by atoms with van der Waals surface area (Å²) in [5.41, 5.74) is 0.764. The molecule has 1 atom stereocenters. The first-order valence-electron chi connectivity index (χ1n) is 10.4. The van der Waals surface area contributed by atoms with Gasteiger partial charge in [0, 0.05) is 39.3 Å². The molecule has 11 heteroatoms. The molecular weight excluding hydrogens is 425 g/mol. The maximum absolute atomic E-state index is 14.8. The number of rotatable bonds is 5. The van der Waals surface area contributed by atoms with Crippen LogP contribution in [0.15, 0.2) is 18.2 Å². The molecule has 9 nitrogen and oxygen atoms in total. The van der Waals surface area contributed by atoms with Crippen molar-refractivity contribution >= 4 is 40.7 Å². The van der Waals surface area contributed by atoms with Gasteiger partial charge in [-0.3, -0.25) is 9.69 Å². The number of carbonyl (C=O) groups excluding carboxylic acids is 2. The second-order valence-corrected chi connectivity index (χ2v) is 8.16. The Morgan fingerprint density at radius 1 is 1.19 bits per heavy atom. The third kappa shape index (κ3) is 4.52. The average Bonchev–Trinajstić information content (AvgIpc) is 3.11. The summed E-state index contributed by atoms with van der Waals surface area (Å²) in [6.07, 6.45) is 0.197. The average molecular weight is 452 g/mol. The third-order valence-electron chi connectivity index (χ3n) is 5.84. The molecular formula is C20H26FN5O4S. The third-order valence-corrected chi connectivity index (χ3v) is 6.24. The van der Waals surface area contributed by atoms with Crippen molar-refractivity contribution < 1.29 is 23.8 Å². The summed E-state index contributed by atoms with van der Waals surface area (Å²) in [5.74, 6) is -0.782. The van der Waals surface area contributed by atoms with Crippen LogP contribution in [0.1, 0.15) is 6.42 Å². The van der Waals surface area contributed by atoms with Crippen molar-refractivity contribution in [1.82, 2.24) is 15.1 Å². The Morgan fingerprint density at radius 3 is 2.58 bits per heavy atom. The lowest BCUT2D eigenvalue weighted by atomic mass is 10.1. The van der Waals surface area contributed by atoms with Gasteiger partial charge in [0.05, 0.1) is 24.5 Å². The predicted molar refractivity (Wildman–Crippen MR) is 117 cm³/mol. The van der Waals surface area contributed by atoms with Crippen molar-refractivity contribution in [3.8, 4) is 0 Å². The van der Waals surface area contributed by atoms with E-state index in [4.69, 9.17) is 22.1 Å². The van der Waals surface area contributed by atoms with Gasteiger partial charge in [0.15, 0.2) is 5.11 Å². The molecule has 31 heavy (non-hydrogen) atoms. The van der Waals surface area contributed by atoms with E-state index in [1.54, 1.807) is 17.0 Å². The number of amides is 2. The number of carbonyl (C=O) groups is 2. The molecule has 0 bridgehead atoms. The smallest absolute Gasteiger partial charge is 0.414 e. The van der Waals surface area contributed by atoms with Gasteiger partial charge in [-0.05, 0) is 30.8 Å². The van der Waals surface area contributed by atoms with Crippen molar-refractivity contribution in [2.75, 3.05) is 68.8 Å². The Bertz CT molecular complexity index is 860. The second-order valence-electron chi connectivity index (χ2n) is 7.78. The molecule has 1 aromatic carbocycles. The maximum atomic E-state index is 14.8. The lowest BCUT2D eigenvalue weighted by Gasteiger charge is -2.37. The molecule has 0 aliphatic carbocycles. The van der Waals surface area contributed by atoms with Gasteiger partial charge < -0.3 is 29.9 Å². The van der Waals surface area contributed by atoms with Gasteiger partial charge in [0.2, 0.25) is 5.91 Å². The number of aliphatic hydroxyl groups is 1. The number of piperazine rings is 1. The Morgan fingerprint density at radius 2 is 1.94 bits per heavy atom. The molecule has 2 amide bonds. The number of cyclic esters (lactones) is 1. The minimum absolute atomic E-state index is 0.286. The summed E-state index contributed by atoms with van der Waals surface area (Å²) in [4.78, 5) is 31.1. The number of para-hydroxylation sites is 1. The Kier molecular flexibility index (Phi) is 6.42. The monoisotopic (exact) mass is 451 g/mol. The van der Waals surface area contributed by atoms with Crippen LogP contribution in [0.25, 0.3) is 0 Å². The van der Waals surface area contributed by atoms with E-state index < -0.39 is 24.6 Å². The first kappa shape index (κ1) is 21.6. The first-order chi connectivity index (χ1) is 15.0. The summed E-state index contributed by atoms with van der Waals surface area (Å²) in [6, 6.07) is 4.62. The number of likely N-dealkylation sites (tertiary alicyclic amines) is 1. The van der Waals surface area contributed by atoms with Crippen LogP contribution in [0, 0.1) is 5.82 Å². The van der Waals surface area contributed by atoms with Crippen LogP contribution in [-0.4, -0.2) is 97.1 Å². The number of nitrogens with zero attached hydrogens (tertiary/aromatic N) is 4. The molecule has 3 heterocycles. The van der Waals surface area contributed by atoms with Crippen molar-refractivity contribution in [3.63, 3.8) is 0 Å². The first-order valence-corrected chi connectivity index (χ1v) is 10.8. The maximum Gasteiger partial charge on any atom is 0.414 e. The van der Waals surface area contributed by atoms with Crippen LogP contribution in [0.3, 0.4) is 0 Å². The number of halogens is 1. The van der Waals surface area contributed by atoms with Crippen molar-refractivity contribution in [3.05, 3.63) is 24.0 Å². The summed E-state index contributed by atoms with van der Waals surface area (Å²) in [6.45, 7) is 3.56. The minimum atomic E-state index is -0.540. The topological polar surface area (TPSA) is 88.6 Å². The fraction of sp³-hybridized carbons (Fsp3) is 0.550. The largest absolute Gasteiger partial charge is 0.442 e. The van der Waals surface area contributed by atoms with E-state index in [0.717, 1.165) is 19.5 Å². The van der Waals surface area contributed by atoms with Crippen LogP contribution >= 0.6 is 12.2 Å². The summed E-state index contributed by atoms with van der Waals surface area (Å²) in [7, 11) is 0. The van der Waals surface area contributed by atoms with E-state index in [1.807, 2.05) is 4.90 Å². The van der Waals surface area contributed by atoms with Gasteiger partial charge in [-0.1, -0.05) is 6.07 Å². The molecule has 3 saturated heterocycles. The summed E-state index contributed by atoms with van der Waals surface area (Å²) >= 11 is 5.33. The molecule has 0 spiro atoms. The molecule has 2 N–H and O–H groups in total. The van der Waals surface area contributed by atoms with Crippen LogP contribution < -0.4 is 15.1 Å². The molecule has 0 saturated carbocycles. The number of thiocarbonyl (C=S) groups is 1. The van der Waals surface area contributed by atoms with Crippen molar-refractivity contribution in [1.29, 1.82) is 0 Å². The van der Waals surface area contributed by atoms with Gasteiger partial charge >= 0.3 is 6.09 Å². The zero-order chi connectivity index (χ0) is 22.0. The highest BCUT2D eigenvalue weighted by atomic mass is 32.1. The Balaban J connectivity index is 1.43. The highest BCUT2D eigenvalue weighted by Gasteiger charge is 2.36. The Hall–Kier alpha value is -2.66. The van der Waals surface area contributed by atoms with Gasteiger partial charge in [-0.2, -0.15) is 0 Å². The standard InChI is InChI=1S/C20H26FN5O4S/c21-15-3-1-4-16(18(15)24-9-7-23(8-10-24)17(28)13-27)26-12-14(30-20(26)29)11-22-19(31)25-5-2-6-25/h1,3-4,14,27H,2,5-13H2,(H,22,31). The Labute approximate surface area is 185 Å². The van der Waals surface area contributed by atoms with Crippen LogP contribution in [-0.2, 0) is 9.53 Å². The number of nitrogens with one attached hydrogen (secondary N) is 1. The van der Waals surface area contributed by atoms with Crippen molar-refractivity contribution in [2.45, 2.75) is 12.5 Å². The van der Waals surface area contributed by atoms with Gasteiger partial charge in [0.1, 0.15) is 18.5 Å². The van der Waals surface area contributed by atoms with E-state index in [2.05, 4.69) is 10.2 Å². The highest BCUT2D eigenvalue weighted by Crippen LogP contribution is 2.35. The molecule has 1 aromatic rings. The molecule has 168 valence electrons. The fourth-order valence-electron chi connectivity index (χ4n) is 3.97. The van der Waals surface area contributed by atoms with E-state index >= 15 is 0 Å². The van der Waals surface area contributed by atoms with E-state index in [0.29, 0.717) is 49.2 Å². The molecule has 0 aromatic heterocycles. The number of hydrogen-bond donors (Lipinski definition) is 2. The second kappa shape index (κ2) is 9.23. The predicted octanol–water partition coefficient (Wildman–Crippen LogP) is 0.372. The lowest BCUT2D eigenvalue weighted by Crippen LogP contribution is -2.50. The number of hydrogen-bond acceptors (Lipinski definition) is 6. The molecule has 4 rings (SSSR count). The number of aliphatic hydroxyl groups excluding tert-OH is 1. The molecule has 3 fully saturated rings. The number of ether oxygens (including phenoxy) is 1. The van der Waals surface area contributed by atoms with Crippen molar-refractivity contribution in [2.24, 2.45) is 0 Å². The number of anilines is 2. The van der Waals surface area contributed by atoms with E-state index in [1.165, 1.54) is 11.0 Å². The summed E-state index contributed by atoms with van der Waals surface area (Å²) in [5, 5.41) is 12.8. The van der Waals surface area contributed by atoms with Gasteiger partial charge in [-0.25, -0.2) is 9.18 Å².